The molecule has 0 bridgehead atoms. The Morgan fingerprint density at radius 2 is 1.91 bits per heavy atom. The number of hydrogen-bond acceptors (Lipinski definition) is 4. The topological polar surface area (TPSA) is 63.1 Å². The maximum absolute atomic E-state index is 12.9. The third-order valence-corrected chi connectivity index (χ3v) is 7.37. The van der Waals surface area contributed by atoms with Gasteiger partial charge in [-0.3, -0.25) is 9.69 Å². The molecule has 0 atom stereocenters. The highest BCUT2D eigenvalue weighted by Crippen LogP contribution is 2.31. The Hall–Kier alpha value is -2.73. The number of anilines is 1. The van der Waals surface area contributed by atoms with E-state index in [0.717, 1.165) is 48.2 Å². The number of hydrogen-bond donors (Lipinski definition) is 1. The van der Waals surface area contributed by atoms with E-state index in [2.05, 4.69) is 45.3 Å². The van der Waals surface area contributed by atoms with Crippen LogP contribution in [0, 0.1) is 12.8 Å². The molecule has 0 saturated heterocycles. The largest absolute Gasteiger partial charge is 0.347 e. The molecule has 1 amide bonds. The fourth-order valence-corrected chi connectivity index (χ4v) is 5.66. The molecule has 0 unspecified atom stereocenters. The van der Waals surface area contributed by atoms with Crippen molar-refractivity contribution in [3.8, 4) is 0 Å². The summed E-state index contributed by atoms with van der Waals surface area (Å²) in [6.07, 6.45) is 11.2. The Bertz CT molecular complexity index is 1140. The van der Waals surface area contributed by atoms with E-state index in [1.54, 1.807) is 0 Å². The molecular formula is C27H35N5O. The molecule has 2 aromatic heterocycles. The standard InChI is InChI=1S/C27H35N5O/c1-19-22-12-13-26(33)32(27(22)30-25(29-19)16-28-2)15-14-21-18-31(17-20-8-4-3-5-9-20)24-11-7-6-10-23(21)24/h6-7,10-11,18,20,28H,3-5,8-9,12-17H2,1-2H3. The molecule has 3 heterocycles. The van der Waals surface area contributed by atoms with E-state index in [4.69, 9.17) is 4.98 Å². The molecule has 5 rings (SSSR count). The van der Waals surface area contributed by atoms with Crippen molar-refractivity contribution in [2.24, 2.45) is 5.92 Å². The van der Waals surface area contributed by atoms with Gasteiger partial charge >= 0.3 is 0 Å². The lowest BCUT2D eigenvalue weighted by Crippen LogP contribution is -2.38. The van der Waals surface area contributed by atoms with Crippen molar-refractivity contribution in [2.75, 3.05) is 18.5 Å². The fraction of sp³-hybridized carbons (Fsp3) is 0.519. The predicted molar refractivity (Wildman–Crippen MR) is 132 cm³/mol. The van der Waals surface area contributed by atoms with Crippen molar-refractivity contribution < 1.29 is 4.79 Å². The molecule has 0 radical (unpaired) electrons. The number of fused-ring (bicyclic) bond motifs is 2. The highest BCUT2D eigenvalue weighted by molar-refractivity contribution is 5.95. The first-order valence-electron chi connectivity index (χ1n) is 12.5. The number of carbonyl (C=O) groups is 1. The molecule has 6 nitrogen and oxygen atoms in total. The van der Waals surface area contributed by atoms with E-state index >= 15 is 0 Å². The number of para-hydroxylation sites is 1. The van der Waals surface area contributed by atoms with Gasteiger partial charge in [0, 0.05) is 47.9 Å². The minimum absolute atomic E-state index is 0.168. The summed E-state index contributed by atoms with van der Waals surface area (Å²) in [5.74, 6) is 2.51. The third-order valence-electron chi connectivity index (χ3n) is 7.37. The summed E-state index contributed by atoms with van der Waals surface area (Å²) < 4.78 is 2.46. The first-order valence-corrected chi connectivity index (χ1v) is 12.5. The molecule has 1 fully saturated rings. The van der Waals surface area contributed by atoms with Gasteiger partial charge in [0.2, 0.25) is 5.91 Å². The van der Waals surface area contributed by atoms with E-state index in [9.17, 15) is 4.79 Å². The molecule has 2 aliphatic rings. The van der Waals surface area contributed by atoms with Crippen molar-refractivity contribution in [1.82, 2.24) is 19.9 Å². The van der Waals surface area contributed by atoms with Crippen LogP contribution in [0.3, 0.4) is 0 Å². The minimum Gasteiger partial charge on any atom is -0.347 e. The maximum atomic E-state index is 12.9. The van der Waals surface area contributed by atoms with Crippen molar-refractivity contribution in [1.29, 1.82) is 0 Å². The molecule has 6 heteroatoms. The summed E-state index contributed by atoms with van der Waals surface area (Å²) in [6, 6.07) is 8.73. The zero-order valence-electron chi connectivity index (χ0n) is 19.9. The molecule has 1 aliphatic carbocycles. The number of rotatable bonds is 7. The first-order chi connectivity index (χ1) is 16.1. The summed E-state index contributed by atoms with van der Waals surface area (Å²) in [4.78, 5) is 24.3. The van der Waals surface area contributed by atoms with Crippen LogP contribution < -0.4 is 10.2 Å². The van der Waals surface area contributed by atoms with Gasteiger partial charge in [-0.05, 0) is 57.2 Å². The summed E-state index contributed by atoms with van der Waals surface area (Å²) >= 11 is 0. The van der Waals surface area contributed by atoms with Gasteiger partial charge in [0.05, 0.1) is 6.54 Å². The lowest BCUT2D eigenvalue weighted by atomic mass is 9.89. The van der Waals surface area contributed by atoms with Crippen molar-refractivity contribution in [2.45, 2.75) is 71.4 Å². The van der Waals surface area contributed by atoms with Crippen LogP contribution in [0.5, 0.6) is 0 Å². The van der Waals surface area contributed by atoms with E-state index in [0.29, 0.717) is 19.5 Å². The number of carbonyl (C=O) groups excluding carboxylic acids is 1. The second-order valence-corrected chi connectivity index (χ2v) is 9.68. The van der Waals surface area contributed by atoms with Crippen molar-refractivity contribution in [3.05, 3.63) is 53.1 Å². The Morgan fingerprint density at radius 3 is 2.73 bits per heavy atom. The average molecular weight is 446 g/mol. The van der Waals surface area contributed by atoms with Gasteiger partial charge in [0.25, 0.3) is 0 Å². The van der Waals surface area contributed by atoms with Crippen LogP contribution in [0.15, 0.2) is 30.5 Å². The summed E-state index contributed by atoms with van der Waals surface area (Å²) in [7, 11) is 1.89. The number of nitrogens with zero attached hydrogens (tertiary/aromatic N) is 4. The highest BCUT2D eigenvalue weighted by atomic mass is 16.2. The van der Waals surface area contributed by atoms with Gasteiger partial charge in [-0.1, -0.05) is 37.5 Å². The molecular weight excluding hydrogens is 410 g/mol. The van der Waals surface area contributed by atoms with Crippen LogP contribution in [-0.2, 0) is 30.7 Å². The Labute approximate surface area is 196 Å². The zero-order valence-corrected chi connectivity index (χ0v) is 19.9. The molecule has 1 aliphatic heterocycles. The van der Waals surface area contributed by atoms with Crippen LogP contribution in [0.2, 0.25) is 0 Å². The predicted octanol–water partition coefficient (Wildman–Crippen LogP) is 4.56. The molecule has 33 heavy (non-hydrogen) atoms. The normalized spacial score (nSPS) is 17.0. The Balaban J connectivity index is 1.40. The Morgan fingerprint density at radius 1 is 1.09 bits per heavy atom. The van der Waals surface area contributed by atoms with Crippen LogP contribution in [0.25, 0.3) is 10.9 Å². The van der Waals surface area contributed by atoms with E-state index in [-0.39, 0.29) is 5.91 Å². The number of benzene rings is 1. The highest BCUT2D eigenvalue weighted by Gasteiger charge is 2.28. The average Bonchev–Trinajstić information content (AvgIpc) is 3.17. The molecule has 0 spiro atoms. The summed E-state index contributed by atoms with van der Waals surface area (Å²) in [5.41, 5.74) is 4.75. The van der Waals surface area contributed by atoms with Crippen LogP contribution in [-0.4, -0.2) is 34.0 Å². The van der Waals surface area contributed by atoms with Gasteiger partial charge in [-0.15, -0.1) is 0 Å². The molecule has 1 N–H and O–H groups in total. The van der Waals surface area contributed by atoms with E-state index in [1.165, 1.54) is 48.6 Å². The number of aromatic nitrogens is 3. The number of amides is 1. The number of nitrogens with one attached hydrogen (secondary N) is 1. The third kappa shape index (κ3) is 4.54. The quantitative estimate of drug-likeness (QED) is 0.579. The van der Waals surface area contributed by atoms with Gasteiger partial charge in [0.15, 0.2) is 0 Å². The summed E-state index contributed by atoms with van der Waals surface area (Å²) in [6.45, 7) is 4.39. The minimum atomic E-state index is 0.168. The lowest BCUT2D eigenvalue weighted by Gasteiger charge is -2.29. The fourth-order valence-electron chi connectivity index (χ4n) is 5.66. The maximum Gasteiger partial charge on any atom is 0.228 e. The van der Waals surface area contributed by atoms with Gasteiger partial charge in [-0.2, -0.15) is 0 Å². The molecule has 1 saturated carbocycles. The molecule has 3 aromatic rings. The molecule has 1 aromatic carbocycles. The zero-order chi connectivity index (χ0) is 22.8. The van der Waals surface area contributed by atoms with Crippen LogP contribution >= 0.6 is 0 Å². The van der Waals surface area contributed by atoms with E-state index in [1.807, 2.05) is 18.9 Å². The van der Waals surface area contributed by atoms with Gasteiger partial charge in [-0.25, -0.2) is 9.97 Å². The van der Waals surface area contributed by atoms with Crippen molar-refractivity contribution >= 4 is 22.6 Å². The van der Waals surface area contributed by atoms with Gasteiger partial charge < -0.3 is 9.88 Å². The van der Waals surface area contributed by atoms with Crippen molar-refractivity contribution in [3.63, 3.8) is 0 Å². The van der Waals surface area contributed by atoms with Gasteiger partial charge in [0.1, 0.15) is 11.6 Å². The van der Waals surface area contributed by atoms with Crippen LogP contribution in [0.1, 0.15) is 61.2 Å². The second kappa shape index (κ2) is 9.64. The smallest absolute Gasteiger partial charge is 0.228 e. The summed E-state index contributed by atoms with van der Waals surface area (Å²) in [5, 5.41) is 4.44. The lowest BCUT2D eigenvalue weighted by molar-refractivity contribution is -0.118. The van der Waals surface area contributed by atoms with E-state index < -0.39 is 0 Å². The first kappa shape index (κ1) is 22.1. The van der Waals surface area contributed by atoms with Crippen LogP contribution in [0.4, 0.5) is 5.82 Å². The monoisotopic (exact) mass is 445 g/mol. The molecule has 174 valence electrons. The second-order valence-electron chi connectivity index (χ2n) is 9.68. The number of aryl methyl sites for hydroxylation is 1. The Kier molecular flexibility index (Phi) is 6.45. The SMILES string of the molecule is CNCc1nc(C)c2c(n1)N(CCc1cn(CC3CCCCC3)c3ccccc13)C(=O)CC2.